The minimum absolute atomic E-state index is 0.0191. The Kier molecular flexibility index (Phi) is 4.91. The zero-order chi connectivity index (χ0) is 13.7. The van der Waals surface area contributed by atoms with Crippen molar-refractivity contribution in [2.24, 2.45) is 0 Å². The topological polar surface area (TPSA) is 82.8 Å². The number of rotatable bonds is 6. The highest BCUT2D eigenvalue weighted by atomic mass is 16.4. The third-order valence-corrected chi connectivity index (χ3v) is 2.72. The van der Waals surface area contributed by atoms with E-state index < -0.39 is 5.97 Å². The Bertz CT molecular complexity index is 427. The smallest absolute Gasteiger partial charge is 0.371 e. The van der Waals surface area contributed by atoms with Crippen LogP contribution in [0.3, 0.4) is 0 Å². The first kappa shape index (κ1) is 14.2. The summed E-state index contributed by atoms with van der Waals surface area (Å²) >= 11 is 0. The van der Waals surface area contributed by atoms with Gasteiger partial charge in [-0.05, 0) is 26.0 Å². The lowest BCUT2D eigenvalue weighted by molar-refractivity contribution is -0.128. The molecule has 0 aromatic carbocycles. The summed E-state index contributed by atoms with van der Waals surface area (Å²) in [5.74, 6) is -0.723. The van der Waals surface area contributed by atoms with Crippen LogP contribution in [0.4, 0.5) is 0 Å². The molecule has 1 unspecified atom stereocenters. The first-order chi connectivity index (χ1) is 8.45. The van der Waals surface area contributed by atoms with Crippen LogP contribution in [0.25, 0.3) is 0 Å². The van der Waals surface area contributed by atoms with Gasteiger partial charge in [-0.3, -0.25) is 10.1 Å². The van der Waals surface area contributed by atoms with Gasteiger partial charge in [0.05, 0.1) is 12.6 Å². The standard InChI is InChI=1S/C12H18N2O4/c1-4-14(3)11(15)7-13-8(2)9-5-6-10(18-9)12(16)17/h5-6,8,13H,4,7H2,1-3H3,(H,16,17). The molecule has 0 aliphatic rings. The number of carbonyl (C=O) groups excluding carboxylic acids is 1. The van der Waals surface area contributed by atoms with Crippen molar-refractivity contribution in [2.75, 3.05) is 20.1 Å². The molecule has 1 heterocycles. The van der Waals surface area contributed by atoms with Gasteiger partial charge in [-0.15, -0.1) is 0 Å². The molecule has 2 N–H and O–H groups in total. The fourth-order valence-electron chi connectivity index (χ4n) is 1.35. The zero-order valence-electron chi connectivity index (χ0n) is 10.8. The molecule has 100 valence electrons. The Hall–Kier alpha value is -1.82. The van der Waals surface area contributed by atoms with E-state index in [1.807, 2.05) is 13.8 Å². The van der Waals surface area contributed by atoms with E-state index in [0.29, 0.717) is 12.3 Å². The highest BCUT2D eigenvalue weighted by Gasteiger charge is 2.15. The summed E-state index contributed by atoms with van der Waals surface area (Å²) in [6, 6.07) is 2.78. The molecule has 6 nitrogen and oxygen atoms in total. The number of aromatic carboxylic acids is 1. The number of carboxylic acid groups (broad SMARTS) is 1. The fraction of sp³-hybridized carbons (Fsp3) is 0.500. The summed E-state index contributed by atoms with van der Waals surface area (Å²) in [5, 5.41) is 11.7. The van der Waals surface area contributed by atoms with Crippen LogP contribution in [0.1, 0.15) is 36.2 Å². The van der Waals surface area contributed by atoms with Crippen LogP contribution < -0.4 is 5.32 Å². The zero-order valence-corrected chi connectivity index (χ0v) is 10.8. The Morgan fingerprint density at radius 3 is 2.67 bits per heavy atom. The predicted molar refractivity (Wildman–Crippen MR) is 65.4 cm³/mol. The largest absolute Gasteiger partial charge is 0.475 e. The molecule has 6 heteroatoms. The number of carboxylic acids is 1. The maximum atomic E-state index is 11.6. The van der Waals surface area contributed by atoms with Crippen LogP contribution in [-0.2, 0) is 4.79 Å². The van der Waals surface area contributed by atoms with Crippen molar-refractivity contribution >= 4 is 11.9 Å². The number of amides is 1. The van der Waals surface area contributed by atoms with Gasteiger partial charge in [-0.25, -0.2) is 4.79 Å². The molecule has 1 aromatic heterocycles. The summed E-state index contributed by atoms with van der Waals surface area (Å²) < 4.78 is 5.14. The van der Waals surface area contributed by atoms with Crippen molar-refractivity contribution < 1.29 is 19.1 Å². The summed E-state index contributed by atoms with van der Waals surface area (Å²) in [6.07, 6.45) is 0. The lowest BCUT2D eigenvalue weighted by atomic mass is 10.2. The Balaban J connectivity index is 2.52. The normalized spacial score (nSPS) is 12.2. The predicted octanol–water partition coefficient (Wildman–Crippen LogP) is 1.11. The quantitative estimate of drug-likeness (QED) is 0.794. The second-order valence-electron chi connectivity index (χ2n) is 4.02. The second kappa shape index (κ2) is 6.20. The number of nitrogens with one attached hydrogen (secondary N) is 1. The van der Waals surface area contributed by atoms with Crippen molar-refractivity contribution in [2.45, 2.75) is 19.9 Å². The van der Waals surface area contributed by atoms with Crippen molar-refractivity contribution in [3.05, 3.63) is 23.7 Å². The molecule has 0 saturated heterocycles. The van der Waals surface area contributed by atoms with Gasteiger partial charge in [-0.2, -0.15) is 0 Å². The third kappa shape index (κ3) is 3.59. The van der Waals surface area contributed by atoms with Gasteiger partial charge < -0.3 is 14.4 Å². The van der Waals surface area contributed by atoms with Gasteiger partial charge in [0.15, 0.2) is 0 Å². The second-order valence-corrected chi connectivity index (χ2v) is 4.02. The van der Waals surface area contributed by atoms with E-state index in [1.165, 1.54) is 6.07 Å². The first-order valence-corrected chi connectivity index (χ1v) is 5.76. The minimum atomic E-state index is -1.10. The Morgan fingerprint density at radius 1 is 1.50 bits per heavy atom. The Labute approximate surface area is 106 Å². The molecule has 1 rings (SSSR count). The van der Waals surface area contributed by atoms with E-state index >= 15 is 0 Å². The summed E-state index contributed by atoms with van der Waals surface area (Å²) in [5.41, 5.74) is 0. The van der Waals surface area contributed by atoms with Gasteiger partial charge in [0.25, 0.3) is 0 Å². The van der Waals surface area contributed by atoms with Crippen LogP contribution in [0.5, 0.6) is 0 Å². The van der Waals surface area contributed by atoms with E-state index in [0.717, 1.165) is 0 Å². The van der Waals surface area contributed by atoms with Crippen LogP contribution in [0, 0.1) is 0 Å². The molecule has 0 spiro atoms. The van der Waals surface area contributed by atoms with Crippen LogP contribution in [0.15, 0.2) is 16.5 Å². The number of carbonyl (C=O) groups is 2. The average Bonchev–Trinajstić information content (AvgIpc) is 2.84. The van der Waals surface area contributed by atoms with Crippen molar-refractivity contribution in [3.63, 3.8) is 0 Å². The number of likely N-dealkylation sites (N-methyl/N-ethyl adjacent to an activating group) is 1. The van der Waals surface area contributed by atoms with E-state index in [4.69, 9.17) is 9.52 Å². The van der Waals surface area contributed by atoms with Crippen molar-refractivity contribution in [1.29, 1.82) is 0 Å². The molecule has 0 saturated carbocycles. The summed E-state index contributed by atoms with van der Waals surface area (Å²) in [6.45, 7) is 4.55. The van der Waals surface area contributed by atoms with Crippen LogP contribution in [-0.4, -0.2) is 42.0 Å². The number of hydrogen-bond donors (Lipinski definition) is 2. The van der Waals surface area contributed by atoms with Gasteiger partial charge in [0, 0.05) is 13.6 Å². The molecule has 0 aliphatic heterocycles. The van der Waals surface area contributed by atoms with Crippen molar-refractivity contribution in [1.82, 2.24) is 10.2 Å². The highest BCUT2D eigenvalue weighted by Crippen LogP contribution is 2.15. The van der Waals surface area contributed by atoms with E-state index in [2.05, 4.69) is 5.32 Å². The maximum Gasteiger partial charge on any atom is 0.371 e. The monoisotopic (exact) mass is 254 g/mol. The van der Waals surface area contributed by atoms with Crippen LogP contribution >= 0.6 is 0 Å². The molecule has 1 atom stereocenters. The SMILES string of the molecule is CCN(C)C(=O)CNC(C)c1ccc(C(=O)O)o1. The van der Waals surface area contributed by atoms with Gasteiger partial charge >= 0.3 is 5.97 Å². The fourth-order valence-corrected chi connectivity index (χ4v) is 1.35. The number of nitrogens with zero attached hydrogens (tertiary/aromatic N) is 1. The molecule has 0 radical (unpaired) electrons. The average molecular weight is 254 g/mol. The summed E-state index contributed by atoms with van der Waals surface area (Å²) in [7, 11) is 1.73. The number of hydrogen-bond acceptors (Lipinski definition) is 4. The highest BCUT2D eigenvalue weighted by molar-refractivity contribution is 5.84. The van der Waals surface area contributed by atoms with Crippen LogP contribution in [0.2, 0.25) is 0 Å². The summed E-state index contributed by atoms with van der Waals surface area (Å²) in [4.78, 5) is 23.8. The van der Waals surface area contributed by atoms with Gasteiger partial charge in [-0.1, -0.05) is 0 Å². The molecule has 0 aliphatic carbocycles. The number of furan rings is 1. The minimum Gasteiger partial charge on any atom is -0.475 e. The lowest BCUT2D eigenvalue weighted by Crippen LogP contribution is -2.36. The van der Waals surface area contributed by atoms with E-state index in [-0.39, 0.29) is 24.3 Å². The Morgan fingerprint density at radius 2 is 2.17 bits per heavy atom. The molecule has 18 heavy (non-hydrogen) atoms. The molecular weight excluding hydrogens is 236 g/mol. The maximum absolute atomic E-state index is 11.6. The van der Waals surface area contributed by atoms with E-state index in [9.17, 15) is 9.59 Å². The van der Waals surface area contributed by atoms with Gasteiger partial charge in [0.2, 0.25) is 11.7 Å². The third-order valence-electron chi connectivity index (χ3n) is 2.72. The molecule has 1 aromatic rings. The van der Waals surface area contributed by atoms with E-state index in [1.54, 1.807) is 18.0 Å². The molecule has 1 amide bonds. The molecule has 0 fully saturated rings. The van der Waals surface area contributed by atoms with Gasteiger partial charge in [0.1, 0.15) is 5.76 Å². The molecular formula is C12H18N2O4. The molecule has 0 bridgehead atoms. The first-order valence-electron chi connectivity index (χ1n) is 5.76. The van der Waals surface area contributed by atoms with Crippen molar-refractivity contribution in [3.8, 4) is 0 Å². The lowest BCUT2D eigenvalue weighted by Gasteiger charge is -2.16.